The highest BCUT2D eigenvalue weighted by Gasteiger charge is 2.43. The summed E-state index contributed by atoms with van der Waals surface area (Å²) in [6.07, 6.45) is 3.11. The predicted molar refractivity (Wildman–Crippen MR) is 129 cm³/mol. The molecule has 0 radical (unpaired) electrons. The molecule has 2 bridgehead atoms. The van der Waals surface area contributed by atoms with Crippen molar-refractivity contribution in [2.24, 2.45) is 0 Å². The molecule has 3 aliphatic heterocycles. The van der Waals surface area contributed by atoms with Gasteiger partial charge in [-0.15, -0.1) is 0 Å². The van der Waals surface area contributed by atoms with E-state index in [9.17, 15) is 9.18 Å². The lowest BCUT2D eigenvalue weighted by Crippen LogP contribution is -2.64. The van der Waals surface area contributed by atoms with E-state index in [0.717, 1.165) is 18.7 Å². The van der Waals surface area contributed by atoms with Crippen molar-refractivity contribution in [3.63, 3.8) is 0 Å². The minimum absolute atomic E-state index is 0.0726. The number of piperazine rings is 1. The Balaban J connectivity index is 1.42. The zero-order valence-electron chi connectivity index (χ0n) is 19.9. The van der Waals surface area contributed by atoms with Crippen LogP contribution < -0.4 is 10.2 Å². The predicted octanol–water partition coefficient (Wildman–Crippen LogP) is 4.80. The minimum Gasteiger partial charge on any atom is -0.444 e. The highest BCUT2D eigenvalue weighted by atomic mass is 19.1. The Labute approximate surface area is 198 Å². The monoisotopic (exact) mass is 464 g/mol. The van der Waals surface area contributed by atoms with Crippen molar-refractivity contribution in [1.82, 2.24) is 19.9 Å². The first kappa shape index (κ1) is 22.3. The van der Waals surface area contributed by atoms with Crippen molar-refractivity contribution >= 4 is 34.4 Å². The number of pyridine rings is 1. The van der Waals surface area contributed by atoms with E-state index < -0.39 is 5.60 Å². The van der Waals surface area contributed by atoms with Crippen LogP contribution in [-0.4, -0.2) is 56.7 Å². The maximum atomic E-state index is 14.6. The molecule has 0 saturated carbocycles. The quantitative estimate of drug-likeness (QED) is 0.596. The molecule has 2 atom stereocenters. The highest BCUT2D eigenvalue weighted by molar-refractivity contribution is 5.88. The van der Waals surface area contributed by atoms with Crippen LogP contribution >= 0.6 is 0 Å². The minimum atomic E-state index is -0.520. The molecule has 8 nitrogen and oxygen atoms in total. The Morgan fingerprint density at radius 3 is 2.65 bits per heavy atom. The fraction of sp³-hybridized carbons (Fsp3) is 0.440. The van der Waals surface area contributed by atoms with Crippen LogP contribution in [0.4, 0.5) is 26.5 Å². The SMILES string of the molecule is Cc1cccc(Nc2ncnc3ccc(N4C[C@H]5CCC4CN5C(=O)OC(C)(C)C)nc23)c1F. The van der Waals surface area contributed by atoms with Crippen molar-refractivity contribution in [1.29, 1.82) is 0 Å². The smallest absolute Gasteiger partial charge is 0.410 e. The van der Waals surface area contributed by atoms with Gasteiger partial charge in [-0.1, -0.05) is 12.1 Å². The van der Waals surface area contributed by atoms with Crippen LogP contribution in [0.1, 0.15) is 39.2 Å². The van der Waals surface area contributed by atoms with Gasteiger partial charge in [-0.3, -0.25) is 0 Å². The Morgan fingerprint density at radius 1 is 1.12 bits per heavy atom. The maximum absolute atomic E-state index is 14.6. The van der Waals surface area contributed by atoms with Crippen molar-refractivity contribution in [2.45, 2.75) is 58.2 Å². The fourth-order valence-corrected chi connectivity index (χ4v) is 4.71. The second-order valence-electron chi connectivity index (χ2n) is 9.99. The number of hydrogen-bond acceptors (Lipinski definition) is 7. The van der Waals surface area contributed by atoms with Gasteiger partial charge in [-0.05, 0) is 64.3 Å². The van der Waals surface area contributed by atoms with E-state index in [-0.39, 0.29) is 24.0 Å². The summed E-state index contributed by atoms with van der Waals surface area (Å²) in [6, 6.07) is 9.27. The molecule has 178 valence electrons. The van der Waals surface area contributed by atoms with Crippen LogP contribution in [0.3, 0.4) is 0 Å². The van der Waals surface area contributed by atoms with E-state index in [1.54, 1.807) is 25.1 Å². The molecule has 1 amide bonds. The van der Waals surface area contributed by atoms with E-state index >= 15 is 0 Å². The second kappa shape index (κ2) is 8.38. The second-order valence-corrected chi connectivity index (χ2v) is 9.99. The number of rotatable bonds is 3. The first-order valence-corrected chi connectivity index (χ1v) is 11.6. The normalized spacial score (nSPS) is 20.0. The number of halogens is 1. The molecule has 3 fully saturated rings. The lowest BCUT2D eigenvalue weighted by molar-refractivity contribution is 0.000791. The van der Waals surface area contributed by atoms with Gasteiger partial charge in [0.15, 0.2) is 5.82 Å². The van der Waals surface area contributed by atoms with Crippen molar-refractivity contribution in [3.8, 4) is 0 Å². The molecule has 5 heterocycles. The molecule has 3 aromatic rings. The van der Waals surface area contributed by atoms with Crippen LogP contribution in [0.2, 0.25) is 0 Å². The average molecular weight is 465 g/mol. The summed E-state index contributed by atoms with van der Waals surface area (Å²) in [5.74, 6) is 0.934. The Kier molecular flexibility index (Phi) is 5.50. The molecule has 2 aromatic heterocycles. The molecular weight excluding hydrogens is 435 g/mol. The number of nitrogens with zero attached hydrogens (tertiary/aromatic N) is 5. The topological polar surface area (TPSA) is 83.5 Å². The summed E-state index contributed by atoms with van der Waals surface area (Å²) in [5, 5.41) is 3.09. The average Bonchev–Trinajstić information content (AvgIpc) is 2.81. The lowest BCUT2D eigenvalue weighted by Gasteiger charge is -2.51. The third kappa shape index (κ3) is 4.22. The number of carbonyl (C=O) groups is 1. The molecule has 0 aliphatic carbocycles. The van der Waals surface area contributed by atoms with Gasteiger partial charge < -0.3 is 19.9 Å². The number of anilines is 3. The van der Waals surface area contributed by atoms with E-state index in [4.69, 9.17) is 9.72 Å². The number of ether oxygens (including phenoxy) is 1. The Morgan fingerprint density at radius 2 is 1.91 bits per heavy atom. The number of amides is 1. The summed E-state index contributed by atoms with van der Waals surface area (Å²) < 4.78 is 20.2. The van der Waals surface area contributed by atoms with Crippen LogP contribution in [0, 0.1) is 12.7 Å². The van der Waals surface area contributed by atoms with Crippen LogP contribution in [0.25, 0.3) is 11.0 Å². The number of benzene rings is 1. The van der Waals surface area contributed by atoms with E-state index in [0.29, 0.717) is 41.2 Å². The summed E-state index contributed by atoms with van der Waals surface area (Å²) >= 11 is 0. The Hall–Kier alpha value is -3.49. The molecule has 3 aliphatic rings. The van der Waals surface area contributed by atoms with E-state index in [1.807, 2.05) is 37.8 Å². The van der Waals surface area contributed by atoms with Crippen LogP contribution in [-0.2, 0) is 4.74 Å². The highest BCUT2D eigenvalue weighted by Crippen LogP contribution is 2.34. The van der Waals surface area contributed by atoms with Crippen LogP contribution in [0.5, 0.6) is 0 Å². The van der Waals surface area contributed by atoms with Gasteiger partial charge in [-0.25, -0.2) is 24.1 Å². The van der Waals surface area contributed by atoms with E-state index in [2.05, 4.69) is 20.2 Å². The molecule has 1 aromatic carbocycles. The molecule has 9 heteroatoms. The number of fused-ring (bicyclic) bond motifs is 4. The lowest BCUT2D eigenvalue weighted by atomic mass is 9.91. The molecule has 1 N–H and O–H groups in total. The number of hydrogen-bond donors (Lipinski definition) is 1. The van der Waals surface area contributed by atoms with Crippen molar-refractivity contribution in [2.75, 3.05) is 23.3 Å². The first-order chi connectivity index (χ1) is 16.2. The molecule has 3 saturated heterocycles. The van der Waals surface area contributed by atoms with Gasteiger partial charge in [0.1, 0.15) is 29.1 Å². The zero-order chi connectivity index (χ0) is 24.0. The maximum Gasteiger partial charge on any atom is 0.410 e. The van der Waals surface area contributed by atoms with Gasteiger partial charge in [0.2, 0.25) is 0 Å². The largest absolute Gasteiger partial charge is 0.444 e. The third-order valence-corrected chi connectivity index (χ3v) is 6.36. The summed E-state index contributed by atoms with van der Waals surface area (Å²) in [5.41, 5.74) is 1.62. The molecule has 0 spiro atoms. The number of aromatic nitrogens is 3. The number of aryl methyl sites for hydroxylation is 1. The molecule has 1 unspecified atom stereocenters. The van der Waals surface area contributed by atoms with Gasteiger partial charge in [0, 0.05) is 19.1 Å². The van der Waals surface area contributed by atoms with Crippen molar-refractivity contribution < 1.29 is 13.9 Å². The molecule has 6 rings (SSSR count). The summed E-state index contributed by atoms with van der Waals surface area (Å²) in [4.78, 5) is 30.4. The third-order valence-electron chi connectivity index (χ3n) is 6.36. The Bertz CT molecular complexity index is 1240. The van der Waals surface area contributed by atoms with Gasteiger partial charge in [0.05, 0.1) is 17.2 Å². The number of piperidine rings is 2. The fourth-order valence-electron chi connectivity index (χ4n) is 4.71. The van der Waals surface area contributed by atoms with Gasteiger partial charge in [-0.2, -0.15) is 0 Å². The van der Waals surface area contributed by atoms with Crippen LogP contribution in [0.15, 0.2) is 36.7 Å². The van der Waals surface area contributed by atoms with E-state index in [1.165, 1.54) is 6.33 Å². The van der Waals surface area contributed by atoms with Gasteiger partial charge >= 0.3 is 6.09 Å². The standard InChI is InChI=1S/C25H29FN6O2/c1-15-6-5-7-18(21(15)26)29-23-22-19(27-14-28-23)10-11-20(30-22)31-12-17-9-8-16(31)13-32(17)24(33)34-25(2,3)4/h5-7,10-11,14,16-17H,8-9,12-13H2,1-4H3,(H,27,28,29)/t16?,17-/m1/s1. The summed E-state index contributed by atoms with van der Waals surface area (Å²) in [7, 11) is 0. The number of carbonyl (C=O) groups excluding carboxylic acids is 1. The zero-order valence-corrected chi connectivity index (χ0v) is 19.9. The van der Waals surface area contributed by atoms with Crippen molar-refractivity contribution in [3.05, 3.63) is 48.0 Å². The number of nitrogens with one attached hydrogen (secondary N) is 1. The van der Waals surface area contributed by atoms with Gasteiger partial charge in [0.25, 0.3) is 0 Å². The first-order valence-electron chi connectivity index (χ1n) is 11.6. The molecular formula is C25H29FN6O2. The molecule has 34 heavy (non-hydrogen) atoms. The summed E-state index contributed by atoms with van der Waals surface area (Å²) in [6.45, 7) is 8.66.